The van der Waals surface area contributed by atoms with Crippen LogP contribution in [0, 0.1) is 0 Å². The number of phenols is 1. The van der Waals surface area contributed by atoms with Gasteiger partial charge < -0.3 is 14.9 Å². The van der Waals surface area contributed by atoms with Crippen molar-refractivity contribution in [3.8, 4) is 11.5 Å². The summed E-state index contributed by atoms with van der Waals surface area (Å²) < 4.78 is 4.78. The van der Waals surface area contributed by atoms with Gasteiger partial charge in [-0.05, 0) is 24.6 Å². The van der Waals surface area contributed by atoms with Crippen molar-refractivity contribution in [2.24, 2.45) is 0 Å². The van der Waals surface area contributed by atoms with Crippen LogP contribution in [0.1, 0.15) is 62.2 Å². The number of carboxylic acids is 1. The summed E-state index contributed by atoms with van der Waals surface area (Å²) >= 11 is 0. The third-order valence-corrected chi connectivity index (χ3v) is 3.08. The predicted octanol–water partition coefficient (Wildman–Crippen LogP) is 4.03. The molecule has 0 saturated carbocycles. The summed E-state index contributed by atoms with van der Waals surface area (Å²) in [7, 11) is 1.43. The van der Waals surface area contributed by atoms with Crippen LogP contribution in [0.3, 0.4) is 0 Å². The molecule has 1 rings (SSSR count). The van der Waals surface area contributed by atoms with Crippen molar-refractivity contribution >= 4 is 12.3 Å². The molecule has 0 unspecified atom stereocenters. The molecule has 0 amide bonds. The fourth-order valence-electron chi connectivity index (χ4n) is 1.82. The van der Waals surface area contributed by atoms with Crippen LogP contribution in [0.15, 0.2) is 18.2 Å². The smallest absolute Gasteiger partial charge is 0.303 e. The number of hydrogen-bond acceptors (Lipinski definition) is 4. The van der Waals surface area contributed by atoms with Gasteiger partial charge in [-0.25, -0.2) is 0 Å². The molecule has 0 aliphatic heterocycles. The number of aliphatic carboxylic acids is 1. The van der Waals surface area contributed by atoms with E-state index in [1.54, 1.807) is 0 Å². The third-order valence-electron chi connectivity index (χ3n) is 3.08. The summed E-state index contributed by atoms with van der Waals surface area (Å²) in [6.45, 7) is 2.18. The van der Waals surface area contributed by atoms with E-state index in [1.165, 1.54) is 51.0 Å². The highest BCUT2D eigenvalue weighted by Crippen LogP contribution is 2.25. The lowest BCUT2D eigenvalue weighted by Crippen LogP contribution is -1.93. The maximum Gasteiger partial charge on any atom is 0.303 e. The minimum Gasteiger partial charge on any atom is -0.504 e. The monoisotopic (exact) mass is 310 g/mol. The second-order valence-electron chi connectivity index (χ2n) is 4.96. The Bertz CT molecular complexity index is 443. The van der Waals surface area contributed by atoms with E-state index < -0.39 is 5.97 Å². The summed E-state index contributed by atoms with van der Waals surface area (Å²) in [5.41, 5.74) is 0.486. The summed E-state index contributed by atoms with van der Waals surface area (Å²) in [5.74, 6) is -0.312. The molecule has 2 N–H and O–H groups in total. The van der Waals surface area contributed by atoms with Crippen LogP contribution in [-0.4, -0.2) is 29.6 Å². The normalized spacial score (nSPS) is 9.55. The standard InChI is InChI=1S/C9H18O2.C8H8O3/c1-2-3-4-5-6-7-8-9(10)11;1-11-8-4-6(5-9)2-3-7(8)10/h2-8H2,1H3,(H,10,11);2-5,10H,1H3. The van der Waals surface area contributed by atoms with Crippen LogP contribution < -0.4 is 4.74 Å². The van der Waals surface area contributed by atoms with Crippen LogP contribution >= 0.6 is 0 Å². The molecule has 1 aromatic carbocycles. The molecule has 0 bridgehead atoms. The topological polar surface area (TPSA) is 83.8 Å². The minimum absolute atomic E-state index is 0.0399. The highest BCUT2D eigenvalue weighted by molar-refractivity contribution is 5.76. The molecule has 5 heteroatoms. The van der Waals surface area contributed by atoms with Gasteiger partial charge in [0.25, 0.3) is 0 Å². The van der Waals surface area contributed by atoms with Crippen molar-refractivity contribution in [1.82, 2.24) is 0 Å². The maximum absolute atomic E-state index is 10.2. The molecular weight excluding hydrogens is 284 g/mol. The van der Waals surface area contributed by atoms with Gasteiger partial charge in [-0.15, -0.1) is 0 Å². The van der Waals surface area contributed by atoms with Gasteiger partial charge in [0.2, 0.25) is 0 Å². The van der Waals surface area contributed by atoms with Gasteiger partial charge in [-0.2, -0.15) is 0 Å². The average molecular weight is 310 g/mol. The van der Waals surface area contributed by atoms with Crippen molar-refractivity contribution in [2.45, 2.75) is 51.9 Å². The molecule has 0 aliphatic rings. The number of aldehydes is 1. The van der Waals surface area contributed by atoms with Crippen LogP contribution in [0.25, 0.3) is 0 Å². The van der Waals surface area contributed by atoms with E-state index in [0.29, 0.717) is 24.0 Å². The van der Waals surface area contributed by atoms with Gasteiger partial charge in [0, 0.05) is 12.0 Å². The number of carbonyl (C=O) groups excluding carboxylic acids is 1. The summed E-state index contributed by atoms with van der Waals surface area (Å²) in [5, 5.41) is 17.4. The first-order valence-electron chi connectivity index (χ1n) is 7.59. The lowest BCUT2D eigenvalue weighted by molar-refractivity contribution is -0.137. The molecule has 0 aromatic heterocycles. The molecule has 22 heavy (non-hydrogen) atoms. The van der Waals surface area contributed by atoms with E-state index >= 15 is 0 Å². The molecule has 124 valence electrons. The largest absolute Gasteiger partial charge is 0.504 e. The average Bonchev–Trinajstić information content (AvgIpc) is 2.51. The molecule has 0 spiro atoms. The van der Waals surface area contributed by atoms with Crippen molar-refractivity contribution in [3.05, 3.63) is 23.8 Å². The Kier molecular flexibility index (Phi) is 11.5. The van der Waals surface area contributed by atoms with Crippen LogP contribution in [0.5, 0.6) is 11.5 Å². The maximum atomic E-state index is 10.2. The van der Waals surface area contributed by atoms with E-state index in [2.05, 4.69) is 6.92 Å². The summed E-state index contributed by atoms with van der Waals surface area (Å²) in [6, 6.07) is 4.41. The number of hydrogen-bond donors (Lipinski definition) is 2. The second kappa shape index (κ2) is 12.7. The van der Waals surface area contributed by atoms with E-state index in [4.69, 9.17) is 14.9 Å². The molecule has 0 radical (unpaired) electrons. The Labute approximate surface area is 131 Å². The number of ether oxygens (including phenoxy) is 1. The number of methoxy groups -OCH3 is 1. The number of carboxylic acid groups (broad SMARTS) is 1. The van der Waals surface area contributed by atoms with Gasteiger partial charge >= 0.3 is 5.97 Å². The fourth-order valence-corrected chi connectivity index (χ4v) is 1.82. The Morgan fingerprint density at radius 1 is 1.18 bits per heavy atom. The number of rotatable bonds is 9. The molecule has 1 aromatic rings. The van der Waals surface area contributed by atoms with Gasteiger partial charge in [0.1, 0.15) is 6.29 Å². The molecule has 5 nitrogen and oxygen atoms in total. The minimum atomic E-state index is -0.666. The number of unbranched alkanes of at least 4 members (excludes halogenated alkanes) is 5. The predicted molar refractivity (Wildman–Crippen MR) is 85.7 cm³/mol. The van der Waals surface area contributed by atoms with Crippen LogP contribution in [0.2, 0.25) is 0 Å². The van der Waals surface area contributed by atoms with Crippen molar-refractivity contribution in [1.29, 1.82) is 0 Å². The SMILES string of the molecule is CCCCCCCCC(=O)O.COc1cc(C=O)ccc1O. The van der Waals surface area contributed by atoms with E-state index in [-0.39, 0.29) is 5.75 Å². The number of phenolic OH excluding ortho intramolecular Hbond substituents is 1. The Morgan fingerprint density at radius 3 is 2.36 bits per heavy atom. The molecular formula is C17H26O5. The van der Waals surface area contributed by atoms with Gasteiger partial charge in [0.05, 0.1) is 7.11 Å². The lowest BCUT2D eigenvalue weighted by Gasteiger charge is -2.01. The van der Waals surface area contributed by atoms with Crippen molar-refractivity contribution in [2.75, 3.05) is 7.11 Å². The van der Waals surface area contributed by atoms with E-state index in [0.717, 1.165) is 12.8 Å². The first kappa shape index (κ1) is 20.0. The van der Waals surface area contributed by atoms with Crippen LogP contribution in [-0.2, 0) is 4.79 Å². The quantitative estimate of drug-likeness (QED) is 0.531. The van der Waals surface area contributed by atoms with Crippen LogP contribution in [0.4, 0.5) is 0 Å². The number of aromatic hydroxyl groups is 1. The van der Waals surface area contributed by atoms with Crippen molar-refractivity contribution < 1.29 is 24.5 Å². The molecule has 0 atom stereocenters. The van der Waals surface area contributed by atoms with Gasteiger partial charge in [0.15, 0.2) is 11.5 Å². The molecule has 0 aliphatic carbocycles. The highest BCUT2D eigenvalue weighted by Gasteiger charge is 2.00. The number of benzene rings is 1. The van der Waals surface area contributed by atoms with Gasteiger partial charge in [-0.3, -0.25) is 9.59 Å². The molecule has 0 heterocycles. The fraction of sp³-hybridized carbons (Fsp3) is 0.529. The Balaban J connectivity index is 0.000000401. The Hall–Kier alpha value is -2.04. The first-order valence-corrected chi connectivity index (χ1v) is 7.59. The zero-order valence-electron chi connectivity index (χ0n) is 13.4. The van der Waals surface area contributed by atoms with E-state index in [9.17, 15) is 9.59 Å². The number of carbonyl (C=O) groups is 2. The zero-order chi connectivity index (χ0) is 16.8. The van der Waals surface area contributed by atoms with Gasteiger partial charge in [-0.1, -0.05) is 39.0 Å². The van der Waals surface area contributed by atoms with Crippen molar-refractivity contribution in [3.63, 3.8) is 0 Å². The second-order valence-corrected chi connectivity index (χ2v) is 4.96. The third kappa shape index (κ3) is 9.80. The summed E-state index contributed by atoms with van der Waals surface area (Å²) in [4.78, 5) is 20.3. The lowest BCUT2D eigenvalue weighted by atomic mass is 10.1. The molecule has 0 fully saturated rings. The Morgan fingerprint density at radius 2 is 1.82 bits per heavy atom. The highest BCUT2D eigenvalue weighted by atomic mass is 16.5. The molecule has 0 saturated heterocycles. The zero-order valence-corrected chi connectivity index (χ0v) is 13.4. The summed E-state index contributed by atoms with van der Waals surface area (Å²) in [6.07, 6.45) is 7.95. The first-order chi connectivity index (χ1) is 10.5. The van der Waals surface area contributed by atoms with E-state index in [1.807, 2.05) is 0 Å².